The van der Waals surface area contributed by atoms with Crippen LogP contribution in [-0.2, 0) is 0 Å². The van der Waals surface area contributed by atoms with Crippen molar-refractivity contribution < 1.29 is 4.74 Å². The minimum Gasteiger partial charge on any atom is -0.481 e. The summed E-state index contributed by atoms with van der Waals surface area (Å²) in [4.78, 5) is 10.0. The largest absolute Gasteiger partial charge is 0.481 e. The van der Waals surface area contributed by atoms with Crippen molar-refractivity contribution in [1.82, 2.24) is 9.97 Å². The summed E-state index contributed by atoms with van der Waals surface area (Å²) >= 11 is 1.72. The number of anilines is 1. The van der Waals surface area contributed by atoms with Gasteiger partial charge in [0, 0.05) is 10.9 Å². The van der Waals surface area contributed by atoms with E-state index in [1.54, 1.807) is 18.4 Å². The molecule has 1 atom stereocenters. The van der Waals surface area contributed by atoms with Crippen molar-refractivity contribution in [2.45, 2.75) is 26.8 Å². The van der Waals surface area contributed by atoms with Crippen LogP contribution in [0.3, 0.4) is 0 Å². The van der Waals surface area contributed by atoms with Crippen molar-refractivity contribution in [3.05, 3.63) is 33.8 Å². The molecule has 4 nitrogen and oxygen atoms in total. The normalized spacial score (nSPS) is 12.2. The van der Waals surface area contributed by atoms with Gasteiger partial charge in [0.15, 0.2) is 0 Å². The molecule has 0 radical (unpaired) electrons. The van der Waals surface area contributed by atoms with E-state index >= 15 is 0 Å². The maximum atomic E-state index is 5.11. The van der Waals surface area contributed by atoms with Gasteiger partial charge in [-0.25, -0.2) is 4.98 Å². The van der Waals surface area contributed by atoms with Crippen LogP contribution >= 0.6 is 11.3 Å². The predicted octanol–water partition coefficient (Wildman–Crippen LogP) is 3.34. The van der Waals surface area contributed by atoms with E-state index in [9.17, 15) is 0 Å². The van der Waals surface area contributed by atoms with Gasteiger partial charge in [-0.3, -0.25) is 0 Å². The smallest absolute Gasteiger partial charge is 0.214 e. The van der Waals surface area contributed by atoms with Crippen LogP contribution in [-0.4, -0.2) is 17.1 Å². The van der Waals surface area contributed by atoms with Gasteiger partial charge in [0.2, 0.25) is 5.88 Å². The summed E-state index contributed by atoms with van der Waals surface area (Å²) in [5.74, 6) is 1.43. The number of aromatic nitrogens is 2. The van der Waals surface area contributed by atoms with Gasteiger partial charge >= 0.3 is 0 Å². The lowest BCUT2D eigenvalue weighted by Gasteiger charge is -2.13. The fraction of sp³-hybridized carbons (Fsp3) is 0.385. The van der Waals surface area contributed by atoms with Crippen LogP contribution in [0.2, 0.25) is 0 Å². The molecule has 0 aliphatic rings. The van der Waals surface area contributed by atoms with E-state index in [0.29, 0.717) is 5.88 Å². The molecule has 2 aromatic rings. The third-order valence-corrected chi connectivity index (χ3v) is 3.89. The first-order valence-corrected chi connectivity index (χ1v) is 6.63. The Kier molecular flexibility index (Phi) is 3.81. The highest BCUT2D eigenvalue weighted by Gasteiger charge is 2.13. The maximum absolute atomic E-state index is 5.11. The van der Waals surface area contributed by atoms with Crippen molar-refractivity contribution in [3.8, 4) is 5.88 Å². The molecule has 5 heteroatoms. The van der Waals surface area contributed by atoms with Crippen LogP contribution in [0.15, 0.2) is 18.2 Å². The summed E-state index contributed by atoms with van der Waals surface area (Å²) in [5, 5.41) is 4.46. The first kappa shape index (κ1) is 12.8. The molecule has 1 N–H and O–H groups in total. The fourth-order valence-corrected chi connectivity index (χ4v) is 2.77. The van der Waals surface area contributed by atoms with Crippen LogP contribution in [0.25, 0.3) is 0 Å². The van der Waals surface area contributed by atoms with E-state index < -0.39 is 0 Å². The zero-order valence-electron chi connectivity index (χ0n) is 11.0. The Morgan fingerprint density at radius 3 is 2.67 bits per heavy atom. The van der Waals surface area contributed by atoms with Crippen LogP contribution in [0.1, 0.15) is 28.5 Å². The number of rotatable bonds is 4. The van der Waals surface area contributed by atoms with Gasteiger partial charge in [-0.1, -0.05) is 6.07 Å². The second kappa shape index (κ2) is 5.35. The lowest BCUT2D eigenvalue weighted by molar-refractivity contribution is 0.398. The SMILES string of the molecule is COc1cccc(NC(C)c2sc(C)nc2C)n1. The van der Waals surface area contributed by atoms with Gasteiger partial charge in [-0.2, -0.15) is 4.98 Å². The number of thiazole rings is 1. The summed E-state index contributed by atoms with van der Waals surface area (Å²) < 4.78 is 5.11. The lowest BCUT2D eigenvalue weighted by Crippen LogP contribution is -2.07. The number of hydrogen-bond acceptors (Lipinski definition) is 5. The molecule has 0 bridgehead atoms. The third-order valence-electron chi connectivity index (χ3n) is 2.63. The minimum atomic E-state index is 0.191. The lowest BCUT2D eigenvalue weighted by atomic mass is 10.2. The summed E-state index contributed by atoms with van der Waals surface area (Å²) in [7, 11) is 1.62. The number of methoxy groups -OCH3 is 1. The van der Waals surface area contributed by atoms with Crippen LogP contribution in [0.4, 0.5) is 5.82 Å². The Bertz CT molecular complexity index is 539. The molecule has 2 aromatic heterocycles. The maximum Gasteiger partial charge on any atom is 0.214 e. The average Bonchev–Trinajstić information content (AvgIpc) is 2.69. The van der Waals surface area contributed by atoms with Crippen molar-refractivity contribution in [2.24, 2.45) is 0 Å². The Labute approximate surface area is 111 Å². The number of ether oxygens (including phenoxy) is 1. The monoisotopic (exact) mass is 263 g/mol. The summed E-state index contributed by atoms with van der Waals surface area (Å²) in [6.45, 7) is 6.18. The van der Waals surface area contributed by atoms with E-state index in [-0.39, 0.29) is 6.04 Å². The number of hydrogen-bond donors (Lipinski definition) is 1. The third kappa shape index (κ3) is 2.79. The number of pyridine rings is 1. The van der Waals surface area contributed by atoms with Crippen LogP contribution in [0, 0.1) is 13.8 Å². The molecule has 0 aliphatic carbocycles. The molecule has 18 heavy (non-hydrogen) atoms. The van der Waals surface area contributed by atoms with Gasteiger partial charge in [-0.15, -0.1) is 11.3 Å². The first-order valence-electron chi connectivity index (χ1n) is 5.81. The standard InChI is InChI=1S/C13H17N3OS/c1-8-13(18-10(3)14-8)9(2)15-11-6-5-7-12(16-11)17-4/h5-7,9H,1-4H3,(H,15,16). The molecule has 96 valence electrons. The zero-order chi connectivity index (χ0) is 13.1. The summed E-state index contributed by atoms with van der Waals surface area (Å²) in [6, 6.07) is 5.88. The molecule has 0 amide bonds. The quantitative estimate of drug-likeness (QED) is 0.919. The molecule has 2 rings (SSSR count). The van der Waals surface area contributed by atoms with Gasteiger partial charge in [0.05, 0.1) is 23.9 Å². The predicted molar refractivity (Wildman–Crippen MR) is 74.4 cm³/mol. The Morgan fingerprint density at radius 2 is 2.06 bits per heavy atom. The molecule has 0 aromatic carbocycles. The van der Waals surface area contributed by atoms with E-state index in [1.807, 2.05) is 32.0 Å². The van der Waals surface area contributed by atoms with Crippen molar-refractivity contribution in [3.63, 3.8) is 0 Å². The molecule has 0 spiro atoms. The highest BCUT2D eigenvalue weighted by atomic mass is 32.1. The van der Waals surface area contributed by atoms with Crippen LogP contribution in [0.5, 0.6) is 5.88 Å². The topological polar surface area (TPSA) is 47.0 Å². The summed E-state index contributed by atoms with van der Waals surface area (Å²) in [6.07, 6.45) is 0. The molecule has 1 unspecified atom stereocenters. The Balaban J connectivity index is 2.15. The van der Waals surface area contributed by atoms with Crippen molar-refractivity contribution in [2.75, 3.05) is 12.4 Å². The van der Waals surface area contributed by atoms with Gasteiger partial charge in [-0.05, 0) is 26.8 Å². The fourth-order valence-electron chi connectivity index (χ4n) is 1.85. The minimum absolute atomic E-state index is 0.191. The van der Waals surface area contributed by atoms with Crippen molar-refractivity contribution in [1.29, 1.82) is 0 Å². The van der Waals surface area contributed by atoms with E-state index in [2.05, 4.69) is 22.2 Å². The molecule has 0 saturated carbocycles. The van der Waals surface area contributed by atoms with Gasteiger partial charge in [0.1, 0.15) is 5.82 Å². The first-order chi connectivity index (χ1) is 8.60. The number of nitrogens with zero attached hydrogens (tertiary/aromatic N) is 2. The molecular weight excluding hydrogens is 246 g/mol. The molecule has 0 fully saturated rings. The van der Waals surface area contributed by atoms with Crippen LogP contribution < -0.4 is 10.1 Å². The second-order valence-electron chi connectivity index (χ2n) is 4.11. The highest BCUT2D eigenvalue weighted by molar-refractivity contribution is 7.11. The molecule has 0 saturated heterocycles. The average molecular weight is 263 g/mol. The Hall–Kier alpha value is -1.62. The van der Waals surface area contributed by atoms with Gasteiger partial charge < -0.3 is 10.1 Å². The number of nitrogens with one attached hydrogen (secondary N) is 1. The molecular formula is C13H17N3OS. The molecule has 0 aliphatic heterocycles. The Morgan fingerprint density at radius 1 is 1.28 bits per heavy atom. The van der Waals surface area contributed by atoms with E-state index in [1.165, 1.54) is 4.88 Å². The number of aryl methyl sites for hydroxylation is 2. The van der Waals surface area contributed by atoms with E-state index in [0.717, 1.165) is 16.5 Å². The second-order valence-corrected chi connectivity index (χ2v) is 5.35. The van der Waals surface area contributed by atoms with E-state index in [4.69, 9.17) is 4.74 Å². The van der Waals surface area contributed by atoms with Gasteiger partial charge in [0.25, 0.3) is 0 Å². The summed E-state index contributed by atoms with van der Waals surface area (Å²) in [5.41, 5.74) is 1.08. The molecule has 2 heterocycles. The zero-order valence-corrected chi connectivity index (χ0v) is 11.8. The van der Waals surface area contributed by atoms with Crippen molar-refractivity contribution >= 4 is 17.2 Å². The highest BCUT2D eigenvalue weighted by Crippen LogP contribution is 2.27.